The second-order valence-electron chi connectivity index (χ2n) is 5.86. The molecule has 4 rings (SSSR count). The first kappa shape index (κ1) is 17.0. The van der Waals surface area contributed by atoms with Gasteiger partial charge in [0.25, 0.3) is 0 Å². The van der Waals surface area contributed by atoms with E-state index in [-0.39, 0.29) is 11.3 Å². The summed E-state index contributed by atoms with van der Waals surface area (Å²) < 4.78 is 5.84. The van der Waals surface area contributed by atoms with Crippen molar-refractivity contribution >= 4 is 35.0 Å². The molecule has 1 fully saturated rings. The molecule has 1 atom stereocenters. The number of rotatable bonds is 4. The van der Waals surface area contributed by atoms with E-state index in [0.717, 1.165) is 22.7 Å². The molecule has 3 aromatic carbocycles. The number of hydrogen-bond acceptors (Lipinski definition) is 3. The van der Waals surface area contributed by atoms with Crippen LogP contribution in [-0.4, -0.2) is 11.7 Å². The van der Waals surface area contributed by atoms with Crippen LogP contribution in [0.3, 0.4) is 0 Å². The third-order valence-electron chi connectivity index (χ3n) is 4.12. The number of amides is 1. The van der Waals surface area contributed by atoms with Gasteiger partial charge in [-0.2, -0.15) is 0 Å². The van der Waals surface area contributed by atoms with Crippen LogP contribution in [0, 0.1) is 0 Å². The first-order valence-corrected chi connectivity index (χ1v) is 9.66. The molecular weight excluding hydrogens is 366 g/mol. The van der Waals surface area contributed by atoms with Crippen LogP contribution in [0.2, 0.25) is 5.02 Å². The topological polar surface area (TPSA) is 29.5 Å². The number of para-hydroxylation sites is 2. The van der Waals surface area contributed by atoms with E-state index >= 15 is 0 Å². The lowest BCUT2D eigenvalue weighted by molar-refractivity contribution is -0.115. The average molecular weight is 382 g/mol. The summed E-state index contributed by atoms with van der Waals surface area (Å²) in [6.07, 6.45) is 0. The number of carbonyl (C=O) groups is 1. The van der Waals surface area contributed by atoms with E-state index in [4.69, 9.17) is 16.3 Å². The average Bonchev–Trinajstić information content (AvgIpc) is 3.05. The number of ether oxygens (including phenoxy) is 1. The Bertz CT molecular complexity index is 915. The van der Waals surface area contributed by atoms with Gasteiger partial charge >= 0.3 is 0 Å². The molecule has 1 saturated heterocycles. The normalized spacial score (nSPS) is 16.7. The van der Waals surface area contributed by atoms with Gasteiger partial charge in [-0.15, -0.1) is 11.8 Å². The molecule has 0 bridgehead atoms. The summed E-state index contributed by atoms with van der Waals surface area (Å²) in [5.74, 6) is 2.07. The number of thioether (sulfide) groups is 1. The lowest BCUT2D eigenvalue weighted by Gasteiger charge is -2.25. The monoisotopic (exact) mass is 381 g/mol. The predicted molar refractivity (Wildman–Crippen MR) is 107 cm³/mol. The van der Waals surface area contributed by atoms with Crippen molar-refractivity contribution < 1.29 is 9.53 Å². The summed E-state index contributed by atoms with van der Waals surface area (Å²) in [4.78, 5) is 14.2. The Labute approximate surface area is 161 Å². The quantitative estimate of drug-likeness (QED) is 0.562. The van der Waals surface area contributed by atoms with E-state index in [0.29, 0.717) is 10.8 Å². The van der Waals surface area contributed by atoms with Crippen molar-refractivity contribution in [3.05, 3.63) is 89.4 Å². The van der Waals surface area contributed by atoms with E-state index in [2.05, 4.69) is 0 Å². The van der Waals surface area contributed by atoms with Crippen LogP contribution < -0.4 is 9.64 Å². The number of nitrogens with zero attached hydrogens (tertiary/aromatic N) is 1. The molecule has 1 heterocycles. The molecule has 3 aromatic rings. The van der Waals surface area contributed by atoms with Gasteiger partial charge in [0, 0.05) is 0 Å². The standard InChI is InChI=1S/C21H16ClNO2S/c22-18-8-4-5-9-19(18)23-20(24)14-26-21(23)15-10-12-17(13-11-15)25-16-6-2-1-3-7-16/h1-13,21H,14H2/t21-/m1/s1. The molecule has 1 aliphatic rings. The Balaban J connectivity index is 1.58. The second kappa shape index (κ2) is 7.44. The highest BCUT2D eigenvalue weighted by Crippen LogP contribution is 2.44. The number of halogens is 1. The maximum Gasteiger partial charge on any atom is 0.238 e. The summed E-state index contributed by atoms with van der Waals surface area (Å²) in [7, 11) is 0. The van der Waals surface area contributed by atoms with E-state index in [1.165, 1.54) is 0 Å². The van der Waals surface area contributed by atoms with E-state index in [1.807, 2.05) is 72.8 Å². The van der Waals surface area contributed by atoms with Gasteiger partial charge in [-0.3, -0.25) is 9.69 Å². The van der Waals surface area contributed by atoms with E-state index < -0.39 is 0 Å². The summed E-state index contributed by atoms with van der Waals surface area (Å²) in [6.45, 7) is 0. The first-order chi connectivity index (χ1) is 12.7. The zero-order chi connectivity index (χ0) is 17.9. The lowest BCUT2D eigenvalue weighted by atomic mass is 10.1. The summed E-state index contributed by atoms with van der Waals surface area (Å²) >= 11 is 7.92. The maximum atomic E-state index is 12.4. The highest BCUT2D eigenvalue weighted by molar-refractivity contribution is 8.00. The summed E-state index contributed by atoms with van der Waals surface area (Å²) in [5, 5.41) is 0.491. The van der Waals surface area contributed by atoms with Crippen LogP contribution >= 0.6 is 23.4 Å². The van der Waals surface area contributed by atoms with Crippen molar-refractivity contribution in [1.82, 2.24) is 0 Å². The van der Waals surface area contributed by atoms with Crippen molar-refractivity contribution in [3.63, 3.8) is 0 Å². The number of hydrogen-bond donors (Lipinski definition) is 0. The van der Waals surface area contributed by atoms with Crippen LogP contribution in [0.15, 0.2) is 78.9 Å². The Hall–Kier alpha value is -2.43. The Morgan fingerprint density at radius 3 is 2.27 bits per heavy atom. The molecule has 1 aliphatic heterocycles. The van der Waals surface area contributed by atoms with Crippen molar-refractivity contribution in [2.45, 2.75) is 5.37 Å². The first-order valence-electron chi connectivity index (χ1n) is 8.23. The highest BCUT2D eigenvalue weighted by atomic mass is 35.5. The molecule has 1 amide bonds. The van der Waals surface area contributed by atoms with Crippen molar-refractivity contribution in [2.24, 2.45) is 0 Å². The van der Waals surface area contributed by atoms with E-state index in [1.54, 1.807) is 22.7 Å². The molecule has 3 nitrogen and oxygen atoms in total. The van der Waals surface area contributed by atoms with Gasteiger partial charge in [-0.1, -0.05) is 54.1 Å². The molecule has 130 valence electrons. The van der Waals surface area contributed by atoms with Crippen LogP contribution in [0.4, 0.5) is 5.69 Å². The highest BCUT2D eigenvalue weighted by Gasteiger charge is 2.34. The second-order valence-corrected chi connectivity index (χ2v) is 7.34. The van der Waals surface area contributed by atoms with Gasteiger partial charge in [-0.25, -0.2) is 0 Å². The van der Waals surface area contributed by atoms with Crippen molar-refractivity contribution in [3.8, 4) is 11.5 Å². The molecule has 0 saturated carbocycles. The lowest BCUT2D eigenvalue weighted by Crippen LogP contribution is -2.28. The van der Waals surface area contributed by atoms with Gasteiger partial charge in [0.1, 0.15) is 16.9 Å². The Kier molecular flexibility index (Phi) is 4.87. The molecule has 0 unspecified atom stereocenters. The Morgan fingerprint density at radius 1 is 0.885 bits per heavy atom. The van der Waals surface area contributed by atoms with Gasteiger partial charge in [0.15, 0.2) is 0 Å². The number of anilines is 1. The fourth-order valence-corrected chi connectivity index (χ4v) is 4.30. The van der Waals surface area contributed by atoms with Gasteiger partial charge in [0.05, 0.1) is 16.5 Å². The molecule has 0 N–H and O–H groups in total. The van der Waals surface area contributed by atoms with Crippen LogP contribution in [0.25, 0.3) is 0 Å². The molecule has 0 aromatic heterocycles. The van der Waals surface area contributed by atoms with Gasteiger partial charge in [-0.05, 0) is 42.0 Å². The fraction of sp³-hybridized carbons (Fsp3) is 0.0952. The molecule has 0 spiro atoms. The van der Waals surface area contributed by atoms with Crippen molar-refractivity contribution in [2.75, 3.05) is 10.7 Å². The third kappa shape index (κ3) is 3.43. The Morgan fingerprint density at radius 2 is 1.54 bits per heavy atom. The van der Waals surface area contributed by atoms with E-state index in [9.17, 15) is 4.79 Å². The largest absolute Gasteiger partial charge is 0.457 e. The number of benzene rings is 3. The van der Waals surface area contributed by atoms with Gasteiger partial charge in [0.2, 0.25) is 5.91 Å². The van der Waals surface area contributed by atoms with Crippen LogP contribution in [0.5, 0.6) is 11.5 Å². The van der Waals surface area contributed by atoms with Crippen LogP contribution in [0.1, 0.15) is 10.9 Å². The molecule has 26 heavy (non-hydrogen) atoms. The SMILES string of the molecule is O=C1CS[C@H](c2ccc(Oc3ccccc3)cc2)N1c1ccccc1Cl. The molecule has 5 heteroatoms. The number of carbonyl (C=O) groups excluding carboxylic acids is 1. The van der Waals surface area contributed by atoms with Crippen LogP contribution in [-0.2, 0) is 4.79 Å². The zero-order valence-corrected chi connectivity index (χ0v) is 15.4. The maximum absolute atomic E-state index is 12.4. The van der Waals surface area contributed by atoms with Crippen molar-refractivity contribution in [1.29, 1.82) is 0 Å². The molecular formula is C21H16ClNO2S. The fourth-order valence-electron chi connectivity index (χ4n) is 2.90. The minimum Gasteiger partial charge on any atom is -0.457 e. The smallest absolute Gasteiger partial charge is 0.238 e. The zero-order valence-electron chi connectivity index (χ0n) is 13.8. The summed E-state index contributed by atoms with van der Waals surface area (Å²) in [5.41, 5.74) is 1.79. The minimum atomic E-state index is -0.0897. The van der Waals surface area contributed by atoms with Gasteiger partial charge < -0.3 is 4.74 Å². The molecule has 0 aliphatic carbocycles. The predicted octanol–water partition coefficient (Wildman–Crippen LogP) is 5.91. The minimum absolute atomic E-state index is 0.0673. The summed E-state index contributed by atoms with van der Waals surface area (Å²) in [6, 6.07) is 25.0. The third-order valence-corrected chi connectivity index (χ3v) is 5.66. The molecule has 0 radical (unpaired) electrons.